The van der Waals surface area contributed by atoms with E-state index in [1.165, 1.54) is 4.57 Å². The van der Waals surface area contributed by atoms with E-state index < -0.39 is 0 Å². The molecule has 2 aromatic rings. The number of aromatic nitrogens is 2. The van der Waals surface area contributed by atoms with Gasteiger partial charge in [0.1, 0.15) is 11.6 Å². The van der Waals surface area contributed by atoms with Crippen LogP contribution in [0.15, 0.2) is 46.0 Å². The average molecular weight is 386 g/mol. The molecule has 1 fully saturated rings. The molecule has 0 amide bonds. The van der Waals surface area contributed by atoms with E-state index in [4.69, 9.17) is 4.74 Å². The van der Waals surface area contributed by atoms with E-state index in [0.717, 1.165) is 44.9 Å². The molecule has 1 aliphatic heterocycles. The largest absolute Gasteiger partial charge is 0.494 e. The van der Waals surface area contributed by atoms with Crippen molar-refractivity contribution >= 4 is 5.82 Å². The SMILES string of the molecule is CC(C)Cn1c(=O)cc(N2CCN(CCCOc3ccccc3)CC2)[nH]c1=O. The number of benzene rings is 1. The van der Waals surface area contributed by atoms with Gasteiger partial charge in [0.2, 0.25) is 0 Å². The van der Waals surface area contributed by atoms with E-state index in [9.17, 15) is 9.59 Å². The van der Waals surface area contributed by atoms with Gasteiger partial charge in [-0.1, -0.05) is 32.0 Å². The highest BCUT2D eigenvalue weighted by molar-refractivity contribution is 5.37. The number of ether oxygens (including phenoxy) is 1. The molecule has 1 aliphatic rings. The number of anilines is 1. The van der Waals surface area contributed by atoms with Crippen LogP contribution in [0, 0.1) is 5.92 Å². The van der Waals surface area contributed by atoms with Gasteiger partial charge in [0.05, 0.1) is 6.61 Å². The van der Waals surface area contributed by atoms with E-state index >= 15 is 0 Å². The minimum absolute atomic E-state index is 0.229. The first kappa shape index (κ1) is 20.2. The Labute approximate surface area is 165 Å². The van der Waals surface area contributed by atoms with Gasteiger partial charge in [-0.15, -0.1) is 0 Å². The van der Waals surface area contributed by atoms with E-state index in [2.05, 4.69) is 14.8 Å². The second-order valence-corrected chi connectivity index (χ2v) is 7.65. The predicted molar refractivity (Wildman–Crippen MR) is 111 cm³/mol. The van der Waals surface area contributed by atoms with Crippen molar-refractivity contribution in [2.24, 2.45) is 5.92 Å². The van der Waals surface area contributed by atoms with Gasteiger partial charge in [-0.05, 0) is 24.5 Å². The third kappa shape index (κ3) is 5.48. The van der Waals surface area contributed by atoms with Crippen molar-refractivity contribution in [2.45, 2.75) is 26.8 Å². The molecule has 1 aromatic heterocycles. The molecule has 1 N–H and O–H groups in total. The normalized spacial score (nSPS) is 15.2. The van der Waals surface area contributed by atoms with E-state index in [1.807, 2.05) is 44.2 Å². The van der Waals surface area contributed by atoms with E-state index in [-0.39, 0.29) is 17.2 Å². The molecule has 0 radical (unpaired) electrons. The van der Waals surface area contributed by atoms with Crippen LogP contribution >= 0.6 is 0 Å². The maximum Gasteiger partial charge on any atom is 0.329 e. The van der Waals surface area contributed by atoms with Gasteiger partial charge >= 0.3 is 5.69 Å². The van der Waals surface area contributed by atoms with Crippen molar-refractivity contribution in [3.05, 3.63) is 57.2 Å². The Hall–Kier alpha value is -2.54. The molecule has 0 bridgehead atoms. The van der Waals surface area contributed by atoms with Crippen molar-refractivity contribution in [3.8, 4) is 5.75 Å². The Bertz CT molecular complexity index is 821. The molecule has 0 unspecified atom stereocenters. The van der Waals surface area contributed by atoms with Crippen LogP contribution in [0.5, 0.6) is 5.75 Å². The molecule has 1 aromatic carbocycles. The molecule has 1 saturated heterocycles. The fourth-order valence-electron chi connectivity index (χ4n) is 3.42. The summed E-state index contributed by atoms with van der Waals surface area (Å²) in [6.45, 7) is 9.50. The maximum atomic E-state index is 12.3. The average Bonchev–Trinajstić information content (AvgIpc) is 2.69. The van der Waals surface area contributed by atoms with Crippen LogP contribution in [0.4, 0.5) is 5.82 Å². The number of rotatable bonds is 8. The Morgan fingerprint density at radius 3 is 2.43 bits per heavy atom. The minimum atomic E-state index is -0.323. The van der Waals surface area contributed by atoms with Crippen molar-refractivity contribution in [2.75, 3.05) is 44.2 Å². The van der Waals surface area contributed by atoms with Gasteiger partial charge < -0.3 is 9.64 Å². The number of aromatic amines is 1. The molecule has 28 heavy (non-hydrogen) atoms. The third-order valence-corrected chi connectivity index (χ3v) is 4.90. The number of hydrogen-bond acceptors (Lipinski definition) is 5. The summed E-state index contributed by atoms with van der Waals surface area (Å²) in [4.78, 5) is 31.9. The lowest BCUT2D eigenvalue weighted by Crippen LogP contribution is -2.48. The highest BCUT2D eigenvalue weighted by Crippen LogP contribution is 2.12. The number of piperazine rings is 1. The van der Waals surface area contributed by atoms with Gasteiger partial charge in [-0.25, -0.2) is 4.79 Å². The molecule has 2 heterocycles. The van der Waals surface area contributed by atoms with Crippen LogP contribution in [0.3, 0.4) is 0 Å². The standard InChI is InChI=1S/C21H30N4O3/c1-17(2)16-25-20(26)15-19(22-21(25)27)24-12-10-23(11-13-24)9-6-14-28-18-7-4-3-5-8-18/h3-5,7-8,15,17H,6,9-14,16H2,1-2H3,(H,22,27). The van der Waals surface area contributed by atoms with Crippen LogP contribution in [0.2, 0.25) is 0 Å². The fraction of sp³-hybridized carbons (Fsp3) is 0.524. The van der Waals surface area contributed by atoms with E-state index in [0.29, 0.717) is 19.0 Å². The molecule has 7 nitrogen and oxygen atoms in total. The van der Waals surface area contributed by atoms with Gasteiger partial charge in [0.15, 0.2) is 0 Å². The lowest BCUT2D eigenvalue weighted by atomic mass is 10.2. The number of nitrogens with zero attached hydrogens (tertiary/aromatic N) is 3. The molecule has 0 spiro atoms. The van der Waals surface area contributed by atoms with Crippen molar-refractivity contribution in [1.82, 2.24) is 14.5 Å². The smallest absolute Gasteiger partial charge is 0.329 e. The Kier molecular flexibility index (Phi) is 6.92. The van der Waals surface area contributed by atoms with Crippen molar-refractivity contribution in [3.63, 3.8) is 0 Å². The summed E-state index contributed by atoms with van der Waals surface area (Å²) in [5.41, 5.74) is -0.551. The summed E-state index contributed by atoms with van der Waals surface area (Å²) >= 11 is 0. The quantitative estimate of drug-likeness (QED) is 0.701. The zero-order chi connectivity index (χ0) is 19.9. The molecular formula is C21H30N4O3. The lowest BCUT2D eigenvalue weighted by Gasteiger charge is -2.35. The second-order valence-electron chi connectivity index (χ2n) is 7.65. The van der Waals surface area contributed by atoms with Crippen LogP contribution in [0.1, 0.15) is 20.3 Å². The number of nitrogens with one attached hydrogen (secondary N) is 1. The lowest BCUT2D eigenvalue weighted by molar-refractivity contribution is 0.224. The Morgan fingerprint density at radius 1 is 1.07 bits per heavy atom. The predicted octanol–water partition coefficient (Wildman–Crippen LogP) is 1.78. The Balaban J connectivity index is 1.46. The Morgan fingerprint density at radius 2 is 1.79 bits per heavy atom. The van der Waals surface area contributed by atoms with Crippen molar-refractivity contribution < 1.29 is 4.74 Å². The molecule has 152 valence electrons. The fourth-order valence-corrected chi connectivity index (χ4v) is 3.42. The highest BCUT2D eigenvalue weighted by atomic mass is 16.5. The van der Waals surface area contributed by atoms with Gasteiger partial charge in [-0.3, -0.25) is 19.2 Å². The summed E-state index contributed by atoms with van der Waals surface area (Å²) < 4.78 is 7.01. The van der Waals surface area contributed by atoms with Gasteiger partial charge in [0.25, 0.3) is 5.56 Å². The molecule has 7 heteroatoms. The van der Waals surface area contributed by atoms with Crippen LogP contribution in [0.25, 0.3) is 0 Å². The molecule has 0 saturated carbocycles. The van der Waals surface area contributed by atoms with Crippen LogP contribution in [-0.2, 0) is 6.54 Å². The number of H-pyrrole nitrogens is 1. The summed E-state index contributed by atoms with van der Waals surface area (Å²) in [6, 6.07) is 11.4. The van der Waals surface area contributed by atoms with Crippen molar-refractivity contribution in [1.29, 1.82) is 0 Å². The highest BCUT2D eigenvalue weighted by Gasteiger charge is 2.18. The summed E-state index contributed by atoms with van der Waals surface area (Å²) in [6.07, 6.45) is 0.969. The summed E-state index contributed by atoms with van der Waals surface area (Å²) in [5.74, 6) is 1.78. The molecule has 3 rings (SSSR count). The number of hydrogen-bond donors (Lipinski definition) is 1. The summed E-state index contributed by atoms with van der Waals surface area (Å²) in [7, 11) is 0. The number of para-hydroxylation sites is 1. The first-order valence-corrected chi connectivity index (χ1v) is 10.0. The monoisotopic (exact) mass is 386 g/mol. The first-order chi connectivity index (χ1) is 13.5. The van der Waals surface area contributed by atoms with Gasteiger partial charge in [0, 0.05) is 45.3 Å². The molecule has 0 atom stereocenters. The van der Waals surface area contributed by atoms with Crippen LogP contribution < -0.4 is 20.9 Å². The van der Waals surface area contributed by atoms with Crippen LogP contribution in [-0.4, -0.2) is 53.8 Å². The first-order valence-electron chi connectivity index (χ1n) is 10.0. The molecular weight excluding hydrogens is 356 g/mol. The van der Waals surface area contributed by atoms with Gasteiger partial charge in [-0.2, -0.15) is 0 Å². The second kappa shape index (κ2) is 9.59. The summed E-state index contributed by atoms with van der Waals surface area (Å²) in [5, 5.41) is 0. The third-order valence-electron chi connectivity index (χ3n) is 4.90. The topological polar surface area (TPSA) is 70.6 Å². The maximum absolute atomic E-state index is 12.3. The van der Waals surface area contributed by atoms with E-state index in [1.54, 1.807) is 6.07 Å². The molecule has 0 aliphatic carbocycles. The zero-order valence-corrected chi connectivity index (χ0v) is 16.8. The minimum Gasteiger partial charge on any atom is -0.494 e. The zero-order valence-electron chi connectivity index (χ0n) is 16.8.